The first-order valence-corrected chi connectivity index (χ1v) is 4.66. The van der Waals surface area contributed by atoms with Gasteiger partial charge in [0.15, 0.2) is 0 Å². The Labute approximate surface area is 84.4 Å². The highest BCUT2D eigenvalue weighted by molar-refractivity contribution is 6.30. The van der Waals surface area contributed by atoms with Crippen molar-refractivity contribution in [3.05, 3.63) is 47.0 Å². The van der Waals surface area contributed by atoms with E-state index in [2.05, 4.69) is 18.0 Å². The fourth-order valence-corrected chi connectivity index (χ4v) is 1.28. The molecule has 0 heterocycles. The highest BCUT2D eigenvalue weighted by atomic mass is 35.5. The summed E-state index contributed by atoms with van der Waals surface area (Å²) in [5.41, 5.74) is 2.34. The van der Waals surface area contributed by atoms with Crippen LogP contribution in [0.15, 0.2) is 36.4 Å². The topological polar surface area (TPSA) is 12.0 Å². The van der Waals surface area contributed by atoms with Gasteiger partial charge in [0, 0.05) is 18.1 Å². The molecule has 2 heteroatoms. The van der Waals surface area contributed by atoms with E-state index in [9.17, 15) is 0 Å². The van der Waals surface area contributed by atoms with E-state index in [0.717, 1.165) is 23.7 Å². The molecule has 0 spiro atoms. The van der Waals surface area contributed by atoms with Crippen molar-refractivity contribution in [2.45, 2.75) is 13.5 Å². The molecule has 0 aliphatic heterocycles. The summed E-state index contributed by atoms with van der Waals surface area (Å²) in [4.78, 5) is 0. The summed E-state index contributed by atoms with van der Waals surface area (Å²) in [6.07, 6.45) is 0. The molecule has 0 fully saturated rings. The normalized spacial score (nSPS) is 10.0. The molecular formula is C11H14ClN. The first-order chi connectivity index (χ1) is 6.18. The summed E-state index contributed by atoms with van der Waals surface area (Å²) in [6.45, 7) is 7.51. The van der Waals surface area contributed by atoms with Crippen molar-refractivity contribution in [2.24, 2.45) is 0 Å². The van der Waals surface area contributed by atoms with Gasteiger partial charge in [0.25, 0.3) is 0 Å². The molecule has 70 valence electrons. The average Bonchev–Trinajstić information content (AvgIpc) is 2.03. The van der Waals surface area contributed by atoms with Crippen molar-refractivity contribution in [1.29, 1.82) is 0 Å². The Balaban J connectivity index is 2.41. The molecule has 1 N–H and O–H groups in total. The molecule has 0 aromatic heterocycles. The molecule has 1 rings (SSSR count). The Morgan fingerprint density at radius 2 is 2.31 bits per heavy atom. The van der Waals surface area contributed by atoms with Crippen molar-refractivity contribution in [2.75, 3.05) is 6.54 Å². The Morgan fingerprint density at radius 1 is 1.54 bits per heavy atom. The molecule has 1 aromatic rings. The Bertz CT molecular complexity index is 294. The van der Waals surface area contributed by atoms with Crippen molar-refractivity contribution >= 4 is 11.6 Å². The van der Waals surface area contributed by atoms with E-state index in [4.69, 9.17) is 11.6 Å². The largest absolute Gasteiger partial charge is 0.309 e. The Morgan fingerprint density at radius 3 is 2.92 bits per heavy atom. The van der Waals surface area contributed by atoms with E-state index in [1.807, 2.05) is 25.1 Å². The van der Waals surface area contributed by atoms with Crippen LogP contribution in [-0.2, 0) is 6.54 Å². The van der Waals surface area contributed by atoms with E-state index in [1.54, 1.807) is 0 Å². The fraction of sp³-hybridized carbons (Fsp3) is 0.273. The number of rotatable bonds is 4. The molecule has 0 radical (unpaired) electrons. The van der Waals surface area contributed by atoms with Gasteiger partial charge in [0.05, 0.1) is 0 Å². The average molecular weight is 196 g/mol. The van der Waals surface area contributed by atoms with Crippen molar-refractivity contribution in [3.8, 4) is 0 Å². The summed E-state index contributed by atoms with van der Waals surface area (Å²) >= 11 is 5.84. The SMILES string of the molecule is C=C(C)CNCc1cccc(Cl)c1. The third-order valence-electron chi connectivity index (χ3n) is 1.64. The lowest BCUT2D eigenvalue weighted by Gasteiger charge is -2.04. The Kier molecular flexibility index (Phi) is 4.00. The van der Waals surface area contributed by atoms with Crippen LogP contribution in [0.2, 0.25) is 5.02 Å². The molecule has 0 aliphatic carbocycles. The zero-order valence-electron chi connectivity index (χ0n) is 7.81. The number of benzene rings is 1. The van der Waals surface area contributed by atoms with Gasteiger partial charge in [-0.05, 0) is 24.6 Å². The van der Waals surface area contributed by atoms with Crippen LogP contribution >= 0.6 is 11.6 Å². The van der Waals surface area contributed by atoms with E-state index < -0.39 is 0 Å². The van der Waals surface area contributed by atoms with Crippen LogP contribution in [0, 0.1) is 0 Å². The molecule has 0 unspecified atom stereocenters. The molecule has 0 amide bonds. The maximum absolute atomic E-state index is 5.84. The van der Waals surface area contributed by atoms with Crippen LogP contribution in [0.5, 0.6) is 0 Å². The predicted molar refractivity (Wildman–Crippen MR) is 58.0 cm³/mol. The van der Waals surface area contributed by atoms with Crippen molar-refractivity contribution in [1.82, 2.24) is 5.32 Å². The van der Waals surface area contributed by atoms with E-state index in [1.165, 1.54) is 5.56 Å². The molecule has 1 aromatic carbocycles. The minimum absolute atomic E-state index is 0.787. The van der Waals surface area contributed by atoms with Gasteiger partial charge in [-0.1, -0.05) is 35.9 Å². The minimum Gasteiger partial charge on any atom is -0.309 e. The van der Waals surface area contributed by atoms with E-state index in [-0.39, 0.29) is 0 Å². The van der Waals surface area contributed by atoms with Gasteiger partial charge in [-0.3, -0.25) is 0 Å². The maximum Gasteiger partial charge on any atom is 0.0409 e. The second-order valence-electron chi connectivity index (χ2n) is 3.19. The predicted octanol–water partition coefficient (Wildman–Crippen LogP) is 3.01. The second kappa shape index (κ2) is 5.05. The lowest BCUT2D eigenvalue weighted by Crippen LogP contribution is -2.14. The van der Waals surface area contributed by atoms with Crippen LogP contribution in [0.25, 0.3) is 0 Å². The van der Waals surface area contributed by atoms with Crippen LogP contribution in [0.3, 0.4) is 0 Å². The van der Waals surface area contributed by atoms with Gasteiger partial charge < -0.3 is 5.32 Å². The van der Waals surface area contributed by atoms with E-state index >= 15 is 0 Å². The Hall–Kier alpha value is -0.790. The van der Waals surface area contributed by atoms with Gasteiger partial charge in [0.2, 0.25) is 0 Å². The molecule has 0 aliphatic rings. The van der Waals surface area contributed by atoms with E-state index in [0.29, 0.717) is 0 Å². The molecular weight excluding hydrogens is 182 g/mol. The number of halogens is 1. The van der Waals surface area contributed by atoms with Crippen LogP contribution in [0.4, 0.5) is 0 Å². The first kappa shape index (κ1) is 10.3. The van der Waals surface area contributed by atoms with Crippen LogP contribution in [0.1, 0.15) is 12.5 Å². The third kappa shape index (κ3) is 4.11. The summed E-state index contributed by atoms with van der Waals surface area (Å²) in [5.74, 6) is 0. The number of nitrogens with one attached hydrogen (secondary N) is 1. The standard InChI is InChI=1S/C11H14ClN/c1-9(2)7-13-8-10-4-3-5-11(12)6-10/h3-6,13H,1,7-8H2,2H3. The highest BCUT2D eigenvalue weighted by Gasteiger charge is 1.93. The maximum atomic E-state index is 5.84. The van der Waals surface area contributed by atoms with Crippen molar-refractivity contribution in [3.63, 3.8) is 0 Å². The van der Waals surface area contributed by atoms with Crippen LogP contribution < -0.4 is 5.32 Å². The van der Waals surface area contributed by atoms with Crippen LogP contribution in [-0.4, -0.2) is 6.54 Å². The summed E-state index contributed by atoms with van der Waals surface area (Å²) in [5, 5.41) is 4.06. The summed E-state index contributed by atoms with van der Waals surface area (Å²) < 4.78 is 0. The van der Waals surface area contributed by atoms with Gasteiger partial charge in [0.1, 0.15) is 0 Å². The zero-order valence-corrected chi connectivity index (χ0v) is 8.56. The quantitative estimate of drug-likeness (QED) is 0.729. The van der Waals surface area contributed by atoms with Gasteiger partial charge in [-0.25, -0.2) is 0 Å². The van der Waals surface area contributed by atoms with Gasteiger partial charge in [-0.2, -0.15) is 0 Å². The number of hydrogen-bond acceptors (Lipinski definition) is 1. The van der Waals surface area contributed by atoms with Gasteiger partial charge >= 0.3 is 0 Å². The molecule has 0 bridgehead atoms. The molecule has 0 atom stereocenters. The summed E-state index contributed by atoms with van der Waals surface area (Å²) in [7, 11) is 0. The minimum atomic E-state index is 0.787. The highest BCUT2D eigenvalue weighted by Crippen LogP contribution is 2.10. The number of hydrogen-bond donors (Lipinski definition) is 1. The summed E-state index contributed by atoms with van der Waals surface area (Å²) in [6, 6.07) is 7.86. The fourth-order valence-electron chi connectivity index (χ4n) is 1.07. The van der Waals surface area contributed by atoms with Crippen molar-refractivity contribution < 1.29 is 0 Å². The first-order valence-electron chi connectivity index (χ1n) is 4.28. The lowest BCUT2D eigenvalue weighted by molar-refractivity contribution is 0.741. The third-order valence-corrected chi connectivity index (χ3v) is 1.88. The monoisotopic (exact) mass is 195 g/mol. The second-order valence-corrected chi connectivity index (χ2v) is 3.63. The molecule has 0 saturated carbocycles. The lowest BCUT2D eigenvalue weighted by atomic mass is 10.2. The smallest absolute Gasteiger partial charge is 0.0409 e. The molecule has 1 nitrogen and oxygen atoms in total. The molecule has 13 heavy (non-hydrogen) atoms. The van der Waals surface area contributed by atoms with Gasteiger partial charge in [-0.15, -0.1) is 0 Å². The molecule has 0 saturated heterocycles. The zero-order chi connectivity index (χ0) is 9.68.